The van der Waals surface area contributed by atoms with Gasteiger partial charge in [-0.15, -0.1) is 0 Å². The zero-order chi connectivity index (χ0) is 25.0. The number of methoxy groups -OCH3 is 2. The molecule has 0 saturated carbocycles. The van der Waals surface area contributed by atoms with E-state index >= 15 is 0 Å². The average molecular weight is 479 g/mol. The van der Waals surface area contributed by atoms with Crippen molar-refractivity contribution in [2.24, 2.45) is 5.73 Å². The Hall–Kier alpha value is -4.38. The van der Waals surface area contributed by atoms with E-state index in [2.05, 4.69) is 25.8 Å². The van der Waals surface area contributed by atoms with Crippen molar-refractivity contribution in [3.63, 3.8) is 0 Å². The summed E-state index contributed by atoms with van der Waals surface area (Å²) in [4.78, 5) is 21.0. The fourth-order valence-electron chi connectivity index (χ4n) is 3.22. The maximum Gasteiger partial charge on any atom is 0.324 e. The highest BCUT2D eigenvalue weighted by atomic mass is 16.5. The fourth-order valence-corrected chi connectivity index (χ4v) is 3.22. The number of aromatic nitrogens is 3. The maximum atomic E-state index is 12.5. The number of hydrogen-bond donors (Lipinski definition) is 3. The number of benzene rings is 2. The monoisotopic (exact) mass is 478 g/mol. The molecule has 2 aromatic heterocycles. The second-order valence-corrected chi connectivity index (χ2v) is 8.28. The SMILES string of the molecule is COc1cc2ncnc(Oc3cccc(NC(=O)Nc4cc(C(C)(C)CN)on4)c3)c2cc1OC. The largest absolute Gasteiger partial charge is 0.493 e. The number of urea groups is 1. The highest BCUT2D eigenvalue weighted by Gasteiger charge is 2.24. The number of amides is 2. The molecule has 4 rings (SSSR count). The molecule has 0 aliphatic rings. The van der Waals surface area contributed by atoms with Crippen molar-refractivity contribution in [1.29, 1.82) is 0 Å². The number of rotatable bonds is 8. The summed E-state index contributed by atoms with van der Waals surface area (Å²) in [6.07, 6.45) is 1.40. The van der Waals surface area contributed by atoms with E-state index in [1.54, 1.807) is 56.7 Å². The Morgan fingerprint density at radius 3 is 2.57 bits per heavy atom. The molecule has 4 N–H and O–H groups in total. The first kappa shape index (κ1) is 23.8. The van der Waals surface area contributed by atoms with E-state index in [1.807, 2.05) is 13.8 Å². The summed E-state index contributed by atoms with van der Waals surface area (Å²) in [5, 5.41) is 9.91. The zero-order valence-electron chi connectivity index (χ0n) is 19.8. The summed E-state index contributed by atoms with van der Waals surface area (Å²) in [7, 11) is 3.10. The summed E-state index contributed by atoms with van der Waals surface area (Å²) < 4.78 is 22.0. The van der Waals surface area contributed by atoms with Gasteiger partial charge in [-0.2, -0.15) is 0 Å². The lowest BCUT2D eigenvalue weighted by Gasteiger charge is -2.17. The van der Waals surface area contributed by atoms with Crippen LogP contribution in [0.5, 0.6) is 23.1 Å². The highest BCUT2D eigenvalue weighted by Crippen LogP contribution is 2.36. The second kappa shape index (κ2) is 9.85. The van der Waals surface area contributed by atoms with Crippen LogP contribution in [-0.4, -0.2) is 41.9 Å². The van der Waals surface area contributed by atoms with Gasteiger partial charge in [0.2, 0.25) is 5.88 Å². The van der Waals surface area contributed by atoms with Crippen molar-refractivity contribution in [3.8, 4) is 23.1 Å². The molecule has 0 atom stereocenters. The smallest absolute Gasteiger partial charge is 0.324 e. The molecule has 0 bridgehead atoms. The van der Waals surface area contributed by atoms with E-state index in [4.69, 9.17) is 24.5 Å². The molecule has 0 saturated heterocycles. The summed E-state index contributed by atoms with van der Waals surface area (Å²) >= 11 is 0. The number of anilines is 2. The van der Waals surface area contributed by atoms with Crippen LogP contribution in [0.25, 0.3) is 10.9 Å². The highest BCUT2D eigenvalue weighted by molar-refractivity contribution is 5.99. The Morgan fingerprint density at radius 2 is 1.83 bits per heavy atom. The van der Waals surface area contributed by atoms with Gasteiger partial charge in [-0.25, -0.2) is 14.8 Å². The topological polar surface area (TPSA) is 147 Å². The number of nitrogens with one attached hydrogen (secondary N) is 2. The van der Waals surface area contributed by atoms with Crippen LogP contribution >= 0.6 is 0 Å². The fraction of sp³-hybridized carbons (Fsp3) is 0.250. The number of nitrogens with zero attached hydrogens (tertiary/aromatic N) is 3. The van der Waals surface area contributed by atoms with Gasteiger partial charge in [0.1, 0.15) is 17.8 Å². The third-order valence-corrected chi connectivity index (χ3v) is 5.34. The lowest BCUT2D eigenvalue weighted by atomic mass is 9.91. The van der Waals surface area contributed by atoms with Crippen LogP contribution in [0.1, 0.15) is 19.6 Å². The van der Waals surface area contributed by atoms with Gasteiger partial charge >= 0.3 is 6.03 Å². The molecule has 11 heteroatoms. The summed E-state index contributed by atoms with van der Waals surface area (Å²) in [6, 6.07) is 11.5. The maximum absolute atomic E-state index is 12.5. The van der Waals surface area contributed by atoms with Gasteiger partial charge in [0.15, 0.2) is 17.3 Å². The molecule has 11 nitrogen and oxygen atoms in total. The molecule has 0 aliphatic heterocycles. The van der Waals surface area contributed by atoms with Crippen LogP contribution in [0.2, 0.25) is 0 Å². The van der Waals surface area contributed by atoms with Crippen LogP contribution in [-0.2, 0) is 5.41 Å². The molecule has 0 unspecified atom stereocenters. The Labute approximate surface area is 201 Å². The van der Waals surface area contributed by atoms with Crippen LogP contribution in [0.4, 0.5) is 16.3 Å². The Balaban J connectivity index is 1.49. The van der Waals surface area contributed by atoms with Crippen LogP contribution in [0.3, 0.4) is 0 Å². The number of hydrogen-bond acceptors (Lipinski definition) is 9. The quantitative estimate of drug-likeness (QED) is 0.337. The lowest BCUT2D eigenvalue weighted by Crippen LogP contribution is -2.27. The molecule has 0 fully saturated rings. The van der Waals surface area contributed by atoms with E-state index in [0.29, 0.717) is 52.0 Å². The first-order valence-corrected chi connectivity index (χ1v) is 10.7. The van der Waals surface area contributed by atoms with Crippen molar-refractivity contribution >= 4 is 28.4 Å². The Bertz CT molecular complexity index is 1350. The molecule has 0 radical (unpaired) electrons. The second-order valence-electron chi connectivity index (χ2n) is 8.28. The van der Waals surface area contributed by atoms with Gasteiger partial charge in [-0.1, -0.05) is 25.1 Å². The molecule has 182 valence electrons. The van der Waals surface area contributed by atoms with E-state index in [0.717, 1.165) is 0 Å². The van der Waals surface area contributed by atoms with Gasteiger partial charge in [0.25, 0.3) is 0 Å². The van der Waals surface area contributed by atoms with Crippen molar-refractivity contribution in [2.45, 2.75) is 19.3 Å². The van der Waals surface area contributed by atoms with Crippen LogP contribution < -0.4 is 30.6 Å². The van der Waals surface area contributed by atoms with Crippen LogP contribution in [0.15, 0.2) is 53.3 Å². The standard InChI is InChI=1S/C24H26N6O5/c1-24(2,12-25)20-11-21(30-35-20)29-23(31)28-14-6-5-7-15(8-14)34-22-16-9-18(32-3)19(33-4)10-17(16)26-13-27-22/h5-11,13H,12,25H2,1-4H3,(H2,28,29,30,31). The van der Waals surface area contributed by atoms with Gasteiger partial charge in [0, 0.05) is 35.8 Å². The Kier molecular flexibility index (Phi) is 6.69. The number of nitrogens with two attached hydrogens (primary N) is 1. The number of ether oxygens (including phenoxy) is 3. The number of carbonyl (C=O) groups is 1. The normalized spacial score (nSPS) is 11.2. The molecule has 0 aliphatic carbocycles. The van der Waals surface area contributed by atoms with Crippen molar-refractivity contribution in [2.75, 3.05) is 31.4 Å². The third-order valence-electron chi connectivity index (χ3n) is 5.34. The van der Waals surface area contributed by atoms with Crippen molar-refractivity contribution < 1.29 is 23.5 Å². The molecule has 2 amide bonds. The van der Waals surface area contributed by atoms with E-state index in [9.17, 15) is 4.79 Å². The van der Waals surface area contributed by atoms with Gasteiger partial charge in [-0.3, -0.25) is 5.32 Å². The molecule has 2 aromatic carbocycles. The summed E-state index contributed by atoms with van der Waals surface area (Å²) in [5.41, 5.74) is 6.50. The van der Waals surface area contributed by atoms with Gasteiger partial charge in [-0.05, 0) is 18.2 Å². The van der Waals surface area contributed by atoms with Crippen molar-refractivity contribution in [3.05, 3.63) is 54.6 Å². The predicted molar refractivity (Wildman–Crippen MR) is 130 cm³/mol. The molecule has 35 heavy (non-hydrogen) atoms. The zero-order valence-corrected chi connectivity index (χ0v) is 19.8. The molecule has 4 aromatic rings. The van der Waals surface area contributed by atoms with E-state index in [1.165, 1.54) is 6.33 Å². The molecular formula is C24H26N6O5. The lowest BCUT2D eigenvalue weighted by molar-refractivity contribution is 0.262. The van der Waals surface area contributed by atoms with Gasteiger partial charge in [0.05, 0.1) is 25.1 Å². The Morgan fingerprint density at radius 1 is 1.06 bits per heavy atom. The number of carbonyl (C=O) groups excluding carboxylic acids is 1. The first-order valence-electron chi connectivity index (χ1n) is 10.7. The summed E-state index contributed by atoms with van der Waals surface area (Å²) in [5.74, 6) is 2.73. The van der Waals surface area contributed by atoms with Crippen molar-refractivity contribution in [1.82, 2.24) is 15.1 Å². The molecular weight excluding hydrogens is 452 g/mol. The minimum Gasteiger partial charge on any atom is -0.493 e. The molecule has 2 heterocycles. The molecule has 0 spiro atoms. The third kappa shape index (κ3) is 5.25. The predicted octanol–water partition coefficient (Wildman–Crippen LogP) is 4.31. The van der Waals surface area contributed by atoms with E-state index < -0.39 is 11.4 Å². The minimum atomic E-state index is -0.489. The first-order chi connectivity index (χ1) is 16.8. The average Bonchev–Trinajstić information content (AvgIpc) is 3.33. The minimum absolute atomic E-state index is 0.281. The summed E-state index contributed by atoms with van der Waals surface area (Å²) in [6.45, 7) is 4.23. The van der Waals surface area contributed by atoms with Crippen LogP contribution in [0, 0.1) is 0 Å². The number of fused-ring (bicyclic) bond motifs is 1. The van der Waals surface area contributed by atoms with E-state index in [-0.39, 0.29) is 5.82 Å². The van der Waals surface area contributed by atoms with Gasteiger partial charge < -0.3 is 29.8 Å².